The van der Waals surface area contributed by atoms with Crippen molar-refractivity contribution < 1.29 is 18.0 Å². The van der Waals surface area contributed by atoms with Gasteiger partial charge in [0, 0.05) is 11.3 Å². The van der Waals surface area contributed by atoms with E-state index in [1.165, 1.54) is 24.3 Å². The van der Waals surface area contributed by atoms with Crippen molar-refractivity contribution in [2.45, 2.75) is 38.6 Å². The van der Waals surface area contributed by atoms with Crippen molar-refractivity contribution >= 4 is 49.0 Å². The first-order chi connectivity index (χ1) is 14.1. The van der Waals surface area contributed by atoms with Crippen molar-refractivity contribution in [1.82, 2.24) is 9.71 Å². The number of ketones is 1. The van der Waals surface area contributed by atoms with Gasteiger partial charge >= 0.3 is 0 Å². The number of rotatable bonds is 7. The number of aryl methyl sites for hydroxylation is 1. The summed E-state index contributed by atoms with van der Waals surface area (Å²) < 4.78 is 29.1. The summed E-state index contributed by atoms with van der Waals surface area (Å²) in [5.74, 6) is -0.835. The summed E-state index contributed by atoms with van der Waals surface area (Å²) in [5.41, 5.74) is 1.75. The van der Waals surface area contributed by atoms with Crippen molar-refractivity contribution in [3.05, 3.63) is 53.0 Å². The number of fused-ring (bicyclic) bond motifs is 1. The molecule has 30 heavy (non-hydrogen) atoms. The van der Waals surface area contributed by atoms with Crippen molar-refractivity contribution in [1.29, 1.82) is 0 Å². The van der Waals surface area contributed by atoms with Crippen LogP contribution in [0.5, 0.6) is 0 Å². The van der Waals surface area contributed by atoms with Crippen LogP contribution in [0.3, 0.4) is 0 Å². The van der Waals surface area contributed by atoms with E-state index in [0.717, 1.165) is 15.2 Å². The van der Waals surface area contributed by atoms with Crippen LogP contribution in [0, 0.1) is 12.8 Å². The van der Waals surface area contributed by atoms with E-state index < -0.39 is 22.0 Å². The maximum atomic E-state index is 12.9. The van der Waals surface area contributed by atoms with E-state index in [0.29, 0.717) is 11.3 Å². The van der Waals surface area contributed by atoms with E-state index >= 15 is 0 Å². The Morgan fingerprint density at radius 3 is 2.33 bits per heavy atom. The molecule has 1 aromatic heterocycles. The molecule has 2 N–H and O–H groups in total. The third-order valence-electron chi connectivity index (χ3n) is 4.57. The smallest absolute Gasteiger partial charge is 0.242 e. The highest BCUT2D eigenvalue weighted by Gasteiger charge is 2.28. The molecule has 0 aliphatic carbocycles. The molecule has 9 heteroatoms. The molecule has 0 saturated heterocycles. The molecular formula is C21H23N3O4S2. The van der Waals surface area contributed by atoms with E-state index in [2.05, 4.69) is 15.0 Å². The number of anilines is 1. The summed E-state index contributed by atoms with van der Waals surface area (Å²) in [6.07, 6.45) is 0. The van der Waals surface area contributed by atoms with Crippen LogP contribution in [0.1, 0.15) is 36.1 Å². The number of carbonyl (C=O) groups excluding carboxylic acids is 2. The Bertz CT molecular complexity index is 1200. The molecule has 0 spiro atoms. The molecule has 3 aromatic rings. The molecule has 0 aliphatic rings. The Morgan fingerprint density at radius 2 is 1.73 bits per heavy atom. The van der Waals surface area contributed by atoms with E-state index in [1.807, 2.05) is 6.92 Å². The quantitative estimate of drug-likeness (QED) is 0.539. The molecule has 0 radical (unpaired) electrons. The number of nitrogens with zero attached hydrogens (tertiary/aromatic N) is 1. The molecule has 0 fully saturated rings. The number of benzene rings is 2. The molecule has 2 aromatic carbocycles. The average molecular weight is 446 g/mol. The van der Waals surface area contributed by atoms with Crippen LogP contribution >= 0.6 is 11.3 Å². The average Bonchev–Trinajstić information content (AvgIpc) is 3.05. The summed E-state index contributed by atoms with van der Waals surface area (Å²) >= 11 is 1.41. The van der Waals surface area contributed by atoms with Crippen LogP contribution in [0.4, 0.5) is 5.69 Å². The van der Waals surface area contributed by atoms with Crippen molar-refractivity contribution in [3.8, 4) is 0 Å². The monoisotopic (exact) mass is 445 g/mol. The van der Waals surface area contributed by atoms with Crippen molar-refractivity contribution in [2.75, 3.05) is 5.32 Å². The molecule has 1 atom stereocenters. The van der Waals surface area contributed by atoms with Gasteiger partial charge in [-0.2, -0.15) is 4.72 Å². The molecular weight excluding hydrogens is 422 g/mol. The number of aromatic nitrogens is 1. The van der Waals surface area contributed by atoms with Gasteiger partial charge in [0.25, 0.3) is 0 Å². The Kier molecular flexibility index (Phi) is 6.35. The minimum atomic E-state index is -3.92. The fraction of sp³-hybridized carbons (Fsp3) is 0.286. The second kappa shape index (κ2) is 8.63. The third-order valence-corrected chi connectivity index (χ3v) is 6.94. The number of amides is 1. The number of hydrogen-bond donors (Lipinski definition) is 2. The standard InChI is InChI=1S/C21H23N3O4S2/c1-12(2)20(21(26)23-16-7-5-15(6-8-16)13(3)25)24-30(27,28)17-9-10-18-19(11-17)29-14(4)22-18/h5-12,20,24H,1-4H3,(H,23,26). The van der Waals surface area contributed by atoms with Crippen LogP contribution in [-0.2, 0) is 14.8 Å². The molecule has 3 rings (SSSR count). The summed E-state index contributed by atoms with van der Waals surface area (Å²) in [6.45, 7) is 6.85. The molecule has 7 nitrogen and oxygen atoms in total. The van der Waals surface area contributed by atoms with Gasteiger partial charge in [-0.05, 0) is 62.2 Å². The number of thiazole rings is 1. The second-order valence-corrected chi connectivity index (χ2v) is 10.3. The molecule has 1 unspecified atom stereocenters. The van der Waals surface area contributed by atoms with E-state index in [9.17, 15) is 18.0 Å². The highest BCUT2D eigenvalue weighted by molar-refractivity contribution is 7.89. The number of nitrogens with one attached hydrogen (secondary N) is 2. The fourth-order valence-corrected chi connectivity index (χ4v) is 5.23. The molecule has 0 bridgehead atoms. The van der Waals surface area contributed by atoms with Crippen LogP contribution in [-0.4, -0.2) is 31.1 Å². The normalized spacial score (nSPS) is 12.8. The van der Waals surface area contributed by atoms with Crippen LogP contribution in [0.15, 0.2) is 47.4 Å². The summed E-state index contributed by atoms with van der Waals surface area (Å²) in [5, 5.41) is 3.56. The molecule has 158 valence electrons. The fourth-order valence-electron chi connectivity index (χ4n) is 2.92. The summed E-state index contributed by atoms with van der Waals surface area (Å²) in [6, 6.07) is 10.2. The zero-order valence-corrected chi connectivity index (χ0v) is 18.7. The van der Waals surface area contributed by atoms with E-state index in [4.69, 9.17) is 0 Å². The topological polar surface area (TPSA) is 105 Å². The first kappa shape index (κ1) is 22.1. The van der Waals surface area contributed by atoms with E-state index in [1.54, 1.807) is 50.2 Å². The highest BCUT2D eigenvalue weighted by atomic mass is 32.2. The zero-order valence-electron chi connectivity index (χ0n) is 17.1. The Labute approximate surface area is 179 Å². The largest absolute Gasteiger partial charge is 0.325 e. The van der Waals surface area contributed by atoms with Gasteiger partial charge in [-0.3, -0.25) is 9.59 Å². The summed E-state index contributed by atoms with van der Waals surface area (Å²) in [4.78, 5) is 28.6. The third kappa shape index (κ3) is 4.92. The first-order valence-electron chi connectivity index (χ1n) is 9.38. The number of sulfonamides is 1. The summed E-state index contributed by atoms with van der Waals surface area (Å²) in [7, 11) is -3.92. The molecule has 1 amide bonds. The Hall–Kier alpha value is -2.62. The molecule has 0 saturated carbocycles. The minimum absolute atomic E-state index is 0.0752. The minimum Gasteiger partial charge on any atom is -0.325 e. The lowest BCUT2D eigenvalue weighted by Gasteiger charge is -2.21. The first-order valence-corrected chi connectivity index (χ1v) is 11.7. The van der Waals surface area contributed by atoms with Gasteiger partial charge < -0.3 is 5.32 Å². The van der Waals surface area contributed by atoms with Gasteiger partial charge in [-0.1, -0.05) is 13.8 Å². The lowest BCUT2D eigenvalue weighted by molar-refractivity contribution is -0.118. The SMILES string of the molecule is CC(=O)c1ccc(NC(=O)C(NS(=O)(=O)c2ccc3nc(C)sc3c2)C(C)C)cc1. The van der Waals surface area contributed by atoms with Gasteiger partial charge in [0.1, 0.15) is 6.04 Å². The predicted octanol–water partition coefficient (Wildman–Crippen LogP) is 3.75. The molecule has 0 aliphatic heterocycles. The van der Waals surface area contributed by atoms with Crippen molar-refractivity contribution in [2.24, 2.45) is 5.92 Å². The van der Waals surface area contributed by atoms with Gasteiger partial charge in [0.15, 0.2) is 5.78 Å². The van der Waals surface area contributed by atoms with Crippen molar-refractivity contribution in [3.63, 3.8) is 0 Å². The van der Waals surface area contributed by atoms with Gasteiger partial charge in [-0.15, -0.1) is 11.3 Å². The predicted molar refractivity (Wildman–Crippen MR) is 118 cm³/mol. The number of Topliss-reactive ketones (excluding diaryl/α,β-unsaturated/α-hetero) is 1. The van der Waals surface area contributed by atoms with Crippen LogP contribution in [0.25, 0.3) is 10.2 Å². The van der Waals surface area contributed by atoms with Gasteiger partial charge in [-0.25, -0.2) is 13.4 Å². The Balaban J connectivity index is 1.80. The maximum absolute atomic E-state index is 12.9. The lowest BCUT2D eigenvalue weighted by Crippen LogP contribution is -2.47. The Morgan fingerprint density at radius 1 is 1.07 bits per heavy atom. The second-order valence-electron chi connectivity index (χ2n) is 7.33. The van der Waals surface area contributed by atoms with E-state index in [-0.39, 0.29) is 16.6 Å². The highest BCUT2D eigenvalue weighted by Crippen LogP contribution is 2.25. The molecule has 1 heterocycles. The van der Waals surface area contributed by atoms with Crippen LogP contribution < -0.4 is 10.0 Å². The number of carbonyl (C=O) groups is 2. The van der Waals surface area contributed by atoms with Gasteiger partial charge in [0.2, 0.25) is 15.9 Å². The maximum Gasteiger partial charge on any atom is 0.242 e. The van der Waals surface area contributed by atoms with Crippen LogP contribution in [0.2, 0.25) is 0 Å². The number of hydrogen-bond acceptors (Lipinski definition) is 6. The van der Waals surface area contributed by atoms with Gasteiger partial charge in [0.05, 0.1) is 20.1 Å². The zero-order chi connectivity index (χ0) is 22.1. The lowest BCUT2D eigenvalue weighted by atomic mass is 10.0.